The van der Waals surface area contributed by atoms with Crippen LogP contribution in [-0.4, -0.2) is 26.7 Å². The average molecular weight is 262 g/mol. The van der Waals surface area contributed by atoms with Gasteiger partial charge in [-0.3, -0.25) is 0 Å². The summed E-state index contributed by atoms with van der Waals surface area (Å²) in [4.78, 5) is 0. The Kier molecular flexibility index (Phi) is 4.70. The van der Waals surface area contributed by atoms with Gasteiger partial charge >= 0.3 is 0 Å². The zero-order valence-corrected chi connectivity index (χ0v) is 12.6. The predicted molar refractivity (Wildman–Crippen MR) is 81.3 cm³/mol. The Morgan fingerprint density at radius 3 is 2.53 bits per heavy atom. The molecular weight excluding hydrogens is 236 g/mol. The number of aryl methyl sites for hydroxylation is 1. The Bertz CT molecular complexity index is 437. The molecule has 0 aliphatic carbocycles. The Labute approximate surface area is 116 Å². The van der Waals surface area contributed by atoms with E-state index in [1.165, 1.54) is 35.2 Å². The van der Waals surface area contributed by atoms with Gasteiger partial charge in [-0.25, -0.2) is 0 Å². The number of hydrogen-bond acceptors (Lipinski definition) is 3. The number of methoxy groups -OCH3 is 1. The highest BCUT2D eigenvalue weighted by Gasteiger charge is 2.14. The minimum absolute atomic E-state index is 0.795. The SMILES string of the molecule is COc1c(C)cc(NCC2CCNCC2)c(C)c1C. The summed E-state index contributed by atoms with van der Waals surface area (Å²) in [5.41, 5.74) is 5.01. The van der Waals surface area contributed by atoms with Crippen LogP contribution in [0.25, 0.3) is 0 Å². The quantitative estimate of drug-likeness (QED) is 0.875. The predicted octanol–water partition coefficient (Wildman–Crippen LogP) is 3.03. The summed E-state index contributed by atoms with van der Waals surface area (Å²) >= 11 is 0. The van der Waals surface area contributed by atoms with Gasteiger partial charge in [-0.1, -0.05) is 0 Å². The standard InChI is InChI=1S/C16H26N2O/c1-11-9-15(12(2)13(3)16(11)19-4)18-10-14-5-7-17-8-6-14/h9,14,17-18H,5-8,10H2,1-4H3. The maximum absolute atomic E-state index is 5.47. The smallest absolute Gasteiger partial charge is 0.125 e. The van der Waals surface area contributed by atoms with E-state index in [9.17, 15) is 0 Å². The zero-order chi connectivity index (χ0) is 13.8. The van der Waals surface area contributed by atoms with E-state index in [0.717, 1.165) is 31.3 Å². The molecule has 19 heavy (non-hydrogen) atoms. The molecule has 1 fully saturated rings. The Morgan fingerprint density at radius 2 is 1.89 bits per heavy atom. The first-order chi connectivity index (χ1) is 9.13. The molecule has 0 spiro atoms. The van der Waals surface area contributed by atoms with Crippen LogP contribution in [0.15, 0.2) is 6.07 Å². The first-order valence-electron chi connectivity index (χ1n) is 7.23. The highest BCUT2D eigenvalue weighted by molar-refractivity contribution is 5.61. The van der Waals surface area contributed by atoms with Crippen LogP contribution < -0.4 is 15.4 Å². The summed E-state index contributed by atoms with van der Waals surface area (Å²) in [6, 6.07) is 2.21. The topological polar surface area (TPSA) is 33.3 Å². The number of nitrogens with one attached hydrogen (secondary N) is 2. The number of hydrogen-bond donors (Lipinski definition) is 2. The third-order valence-corrected chi connectivity index (χ3v) is 4.27. The van der Waals surface area contributed by atoms with Crippen molar-refractivity contribution in [3.8, 4) is 5.75 Å². The molecule has 0 amide bonds. The van der Waals surface area contributed by atoms with Gasteiger partial charge in [0.25, 0.3) is 0 Å². The summed E-state index contributed by atoms with van der Waals surface area (Å²) in [7, 11) is 1.75. The van der Waals surface area contributed by atoms with E-state index < -0.39 is 0 Å². The highest BCUT2D eigenvalue weighted by atomic mass is 16.5. The first kappa shape index (κ1) is 14.2. The van der Waals surface area contributed by atoms with Gasteiger partial charge in [-0.2, -0.15) is 0 Å². The van der Waals surface area contributed by atoms with E-state index in [2.05, 4.69) is 37.5 Å². The lowest BCUT2D eigenvalue weighted by Crippen LogP contribution is -2.31. The summed E-state index contributed by atoms with van der Waals surface area (Å²) in [5.74, 6) is 1.81. The van der Waals surface area contributed by atoms with Crippen LogP contribution in [0.1, 0.15) is 29.5 Å². The van der Waals surface area contributed by atoms with Gasteiger partial charge in [-0.15, -0.1) is 0 Å². The van der Waals surface area contributed by atoms with E-state index in [1.54, 1.807) is 7.11 Å². The van der Waals surface area contributed by atoms with Gasteiger partial charge in [0.15, 0.2) is 0 Å². The molecule has 1 heterocycles. The maximum atomic E-state index is 5.47. The minimum Gasteiger partial charge on any atom is -0.496 e. The molecule has 1 aliphatic heterocycles. The van der Waals surface area contributed by atoms with Crippen molar-refractivity contribution in [2.75, 3.05) is 32.1 Å². The molecule has 0 atom stereocenters. The molecule has 3 heteroatoms. The number of ether oxygens (including phenoxy) is 1. The van der Waals surface area contributed by atoms with E-state index in [4.69, 9.17) is 4.74 Å². The van der Waals surface area contributed by atoms with Crippen LogP contribution in [0, 0.1) is 26.7 Å². The fraction of sp³-hybridized carbons (Fsp3) is 0.625. The van der Waals surface area contributed by atoms with E-state index in [1.807, 2.05) is 0 Å². The third kappa shape index (κ3) is 3.21. The van der Waals surface area contributed by atoms with Gasteiger partial charge in [0, 0.05) is 12.2 Å². The van der Waals surface area contributed by atoms with Crippen LogP contribution in [0.2, 0.25) is 0 Å². The van der Waals surface area contributed by atoms with Crippen LogP contribution in [0.5, 0.6) is 5.75 Å². The van der Waals surface area contributed by atoms with Gasteiger partial charge in [-0.05, 0) is 75.4 Å². The summed E-state index contributed by atoms with van der Waals surface area (Å²) < 4.78 is 5.47. The summed E-state index contributed by atoms with van der Waals surface area (Å²) in [5, 5.41) is 7.05. The Morgan fingerprint density at radius 1 is 1.21 bits per heavy atom. The van der Waals surface area contributed by atoms with Gasteiger partial charge in [0.2, 0.25) is 0 Å². The largest absolute Gasteiger partial charge is 0.496 e. The summed E-state index contributed by atoms with van der Waals surface area (Å²) in [6.45, 7) is 9.81. The number of benzene rings is 1. The van der Waals surface area contributed by atoms with Gasteiger partial charge in [0.1, 0.15) is 5.75 Å². The lowest BCUT2D eigenvalue weighted by Gasteiger charge is -2.24. The van der Waals surface area contributed by atoms with Crippen LogP contribution in [-0.2, 0) is 0 Å². The van der Waals surface area contributed by atoms with Gasteiger partial charge in [0.05, 0.1) is 7.11 Å². The molecule has 1 aromatic rings. The molecule has 0 radical (unpaired) electrons. The van der Waals surface area contributed by atoms with Crippen molar-refractivity contribution in [1.29, 1.82) is 0 Å². The Hall–Kier alpha value is -1.22. The molecule has 0 bridgehead atoms. The van der Waals surface area contributed by atoms with Crippen molar-refractivity contribution in [3.05, 3.63) is 22.8 Å². The van der Waals surface area contributed by atoms with Crippen molar-refractivity contribution in [1.82, 2.24) is 5.32 Å². The molecule has 1 aliphatic rings. The lowest BCUT2D eigenvalue weighted by atomic mass is 9.97. The van der Waals surface area contributed by atoms with Gasteiger partial charge < -0.3 is 15.4 Å². The van der Waals surface area contributed by atoms with E-state index in [-0.39, 0.29) is 0 Å². The van der Waals surface area contributed by atoms with E-state index in [0.29, 0.717) is 0 Å². The zero-order valence-electron chi connectivity index (χ0n) is 12.6. The summed E-state index contributed by atoms with van der Waals surface area (Å²) in [6.07, 6.45) is 2.56. The second-order valence-electron chi connectivity index (χ2n) is 5.60. The molecule has 106 valence electrons. The molecule has 2 rings (SSSR count). The van der Waals surface area contributed by atoms with Crippen LogP contribution >= 0.6 is 0 Å². The number of rotatable bonds is 4. The molecular formula is C16H26N2O. The highest BCUT2D eigenvalue weighted by Crippen LogP contribution is 2.31. The minimum atomic E-state index is 0.795. The van der Waals surface area contributed by atoms with Crippen LogP contribution in [0.3, 0.4) is 0 Å². The molecule has 0 unspecified atom stereocenters. The van der Waals surface area contributed by atoms with Crippen LogP contribution in [0.4, 0.5) is 5.69 Å². The molecule has 2 N–H and O–H groups in total. The van der Waals surface area contributed by atoms with Crippen molar-refractivity contribution >= 4 is 5.69 Å². The Balaban J connectivity index is 2.07. The fourth-order valence-corrected chi connectivity index (χ4v) is 2.90. The van der Waals surface area contributed by atoms with E-state index >= 15 is 0 Å². The average Bonchev–Trinajstić information content (AvgIpc) is 2.43. The normalized spacial score (nSPS) is 16.4. The van der Waals surface area contributed by atoms with Crippen molar-refractivity contribution in [2.45, 2.75) is 33.6 Å². The molecule has 0 saturated carbocycles. The monoisotopic (exact) mass is 262 g/mol. The first-order valence-corrected chi connectivity index (χ1v) is 7.23. The second-order valence-corrected chi connectivity index (χ2v) is 5.60. The maximum Gasteiger partial charge on any atom is 0.125 e. The number of anilines is 1. The molecule has 1 aromatic carbocycles. The second kappa shape index (κ2) is 6.29. The van der Waals surface area contributed by atoms with Crippen molar-refractivity contribution < 1.29 is 4.74 Å². The number of piperidine rings is 1. The fourth-order valence-electron chi connectivity index (χ4n) is 2.90. The third-order valence-electron chi connectivity index (χ3n) is 4.27. The molecule has 1 saturated heterocycles. The van der Waals surface area contributed by atoms with Crippen molar-refractivity contribution in [2.24, 2.45) is 5.92 Å². The molecule has 0 aromatic heterocycles. The molecule has 3 nitrogen and oxygen atoms in total. The van der Waals surface area contributed by atoms with Crippen molar-refractivity contribution in [3.63, 3.8) is 0 Å². The lowest BCUT2D eigenvalue weighted by molar-refractivity contribution is 0.389.